The summed E-state index contributed by atoms with van der Waals surface area (Å²) in [5, 5.41) is 9.28. The molecule has 0 radical (unpaired) electrons. The van der Waals surface area contributed by atoms with Crippen molar-refractivity contribution in [3.05, 3.63) is 12.1 Å². The van der Waals surface area contributed by atoms with Crippen LogP contribution in [0.5, 0.6) is 0 Å². The number of aromatic nitrogens is 1. The fourth-order valence-corrected chi connectivity index (χ4v) is 3.09. The van der Waals surface area contributed by atoms with Crippen molar-refractivity contribution in [2.75, 3.05) is 35.2 Å². The Bertz CT molecular complexity index is 514. The van der Waals surface area contributed by atoms with Gasteiger partial charge in [-0.25, -0.2) is 9.78 Å². The highest BCUT2D eigenvalue weighted by molar-refractivity contribution is 5.79. The predicted molar refractivity (Wildman–Crippen MR) is 78.1 cm³/mol. The molecule has 0 aliphatic carbocycles. The molecule has 6 nitrogen and oxygen atoms in total. The number of nitrogen functional groups attached to an aromatic ring is 1. The molecule has 3 rings (SSSR count). The number of hydrogen-bond donors (Lipinski definition) is 2. The monoisotopic (exact) mass is 276 g/mol. The Morgan fingerprint density at radius 1 is 1.25 bits per heavy atom. The van der Waals surface area contributed by atoms with Crippen molar-refractivity contribution in [3.63, 3.8) is 0 Å². The molecule has 20 heavy (non-hydrogen) atoms. The maximum absolute atomic E-state index is 11.3. The Balaban J connectivity index is 1.90. The number of rotatable bonds is 3. The zero-order valence-corrected chi connectivity index (χ0v) is 11.5. The molecular formula is C14H20N4O2. The first-order chi connectivity index (χ1) is 9.66. The zero-order valence-electron chi connectivity index (χ0n) is 11.5. The number of anilines is 3. The summed E-state index contributed by atoms with van der Waals surface area (Å²) in [7, 11) is 0. The van der Waals surface area contributed by atoms with Crippen LogP contribution in [0.2, 0.25) is 0 Å². The van der Waals surface area contributed by atoms with Gasteiger partial charge in [-0.1, -0.05) is 0 Å². The quantitative estimate of drug-likeness (QED) is 0.866. The summed E-state index contributed by atoms with van der Waals surface area (Å²) in [4.78, 5) is 20.0. The molecule has 0 bridgehead atoms. The van der Waals surface area contributed by atoms with Gasteiger partial charge in [-0.15, -0.1) is 0 Å². The maximum Gasteiger partial charge on any atom is 0.326 e. The summed E-state index contributed by atoms with van der Waals surface area (Å²) < 4.78 is 0. The first-order valence-electron chi connectivity index (χ1n) is 7.18. The van der Waals surface area contributed by atoms with E-state index in [1.54, 1.807) is 0 Å². The number of carboxylic acids is 1. The third-order valence-electron chi connectivity index (χ3n) is 4.13. The molecule has 0 aromatic carbocycles. The standard InChI is InChI=1S/C14H20N4O2/c15-10-5-6-12(16-13(10)17-7-1-2-8-17)18-9-3-4-11(18)14(19)20/h5-6,11H,1-4,7-9,15H2,(H,19,20). The molecule has 2 aliphatic rings. The molecule has 6 heteroatoms. The minimum atomic E-state index is -0.774. The number of nitrogens with zero attached hydrogens (tertiary/aromatic N) is 3. The molecule has 1 unspecified atom stereocenters. The number of aliphatic carboxylic acids is 1. The van der Waals surface area contributed by atoms with Gasteiger partial charge in [0.25, 0.3) is 0 Å². The van der Waals surface area contributed by atoms with Gasteiger partial charge >= 0.3 is 5.97 Å². The molecule has 0 amide bonds. The van der Waals surface area contributed by atoms with Crippen molar-refractivity contribution in [2.24, 2.45) is 0 Å². The van der Waals surface area contributed by atoms with Gasteiger partial charge in [0.15, 0.2) is 5.82 Å². The van der Waals surface area contributed by atoms with Gasteiger partial charge in [-0.2, -0.15) is 0 Å². The molecule has 2 saturated heterocycles. The third kappa shape index (κ3) is 2.26. The SMILES string of the molecule is Nc1ccc(N2CCCC2C(=O)O)nc1N1CCCC1. The van der Waals surface area contributed by atoms with Crippen molar-refractivity contribution < 1.29 is 9.90 Å². The number of carbonyl (C=O) groups is 1. The van der Waals surface area contributed by atoms with Crippen LogP contribution in [-0.2, 0) is 4.79 Å². The summed E-state index contributed by atoms with van der Waals surface area (Å²) in [6, 6.07) is 3.21. The molecule has 0 saturated carbocycles. The molecule has 0 spiro atoms. The van der Waals surface area contributed by atoms with E-state index in [4.69, 9.17) is 5.73 Å². The largest absolute Gasteiger partial charge is 0.480 e. The minimum absolute atomic E-state index is 0.461. The van der Waals surface area contributed by atoms with E-state index in [0.717, 1.165) is 50.5 Å². The molecule has 1 atom stereocenters. The highest BCUT2D eigenvalue weighted by atomic mass is 16.4. The summed E-state index contributed by atoms with van der Waals surface area (Å²) in [5.74, 6) is 0.755. The van der Waals surface area contributed by atoms with E-state index in [9.17, 15) is 9.90 Å². The lowest BCUT2D eigenvalue weighted by Crippen LogP contribution is -2.36. The van der Waals surface area contributed by atoms with Crippen molar-refractivity contribution >= 4 is 23.3 Å². The highest BCUT2D eigenvalue weighted by Crippen LogP contribution is 2.30. The first kappa shape index (κ1) is 13.0. The second-order valence-corrected chi connectivity index (χ2v) is 5.47. The molecule has 108 valence electrons. The van der Waals surface area contributed by atoms with Crippen LogP contribution in [0.4, 0.5) is 17.3 Å². The predicted octanol–water partition coefficient (Wildman–Crippen LogP) is 1.32. The van der Waals surface area contributed by atoms with Gasteiger partial charge in [-0.3, -0.25) is 0 Å². The Hall–Kier alpha value is -1.98. The number of nitrogens with two attached hydrogens (primary N) is 1. The van der Waals surface area contributed by atoms with Gasteiger partial charge in [0.05, 0.1) is 5.69 Å². The van der Waals surface area contributed by atoms with E-state index in [0.29, 0.717) is 12.1 Å². The van der Waals surface area contributed by atoms with E-state index in [2.05, 4.69) is 9.88 Å². The number of hydrogen-bond acceptors (Lipinski definition) is 5. The minimum Gasteiger partial charge on any atom is -0.480 e. The lowest BCUT2D eigenvalue weighted by Gasteiger charge is -2.25. The molecule has 3 N–H and O–H groups in total. The Morgan fingerprint density at radius 3 is 2.70 bits per heavy atom. The Morgan fingerprint density at radius 2 is 2.00 bits per heavy atom. The van der Waals surface area contributed by atoms with Crippen molar-refractivity contribution in [1.82, 2.24) is 4.98 Å². The lowest BCUT2D eigenvalue weighted by atomic mass is 10.2. The van der Waals surface area contributed by atoms with Gasteiger partial charge < -0.3 is 20.6 Å². The van der Waals surface area contributed by atoms with E-state index in [-0.39, 0.29) is 0 Å². The zero-order chi connectivity index (χ0) is 14.1. The maximum atomic E-state index is 11.3. The highest BCUT2D eigenvalue weighted by Gasteiger charge is 2.32. The smallest absolute Gasteiger partial charge is 0.326 e. The average Bonchev–Trinajstić information content (AvgIpc) is 3.10. The summed E-state index contributed by atoms with van der Waals surface area (Å²) in [6.07, 6.45) is 3.89. The van der Waals surface area contributed by atoms with Crippen LogP contribution < -0.4 is 15.5 Å². The molecular weight excluding hydrogens is 256 g/mol. The Kier molecular flexibility index (Phi) is 3.38. The van der Waals surface area contributed by atoms with Crippen LogP contribution in [0.1, 0.15) is 25.7 Å². The average molecular weight is 276 g/mol. The van der Waals surface area contributed by atoms with E-state index in [1.165, 1.54) is 0 Å². The molecule has 2 aliphatic heterocycles. The van der Waals surface area contributed by atoms with Gasteiger partial charge in [0.2, 0.25) is 0 Å². The fourth-order valence-electron chi connectivity index (χ4n) is 3.09. The van der Waals surface area contributed by atoms with Crippen LogP contribution in [0.15, 0.2) is 12.1 Å². The van der Waals surface area contributed by atoms with Crippen LogP contribution >= 0.6 is 0 Å². The molecule has 3 heterocycles. The first-order valence-corrected chi connectivity index (χ1v) is 7.18. The topological polar surface area (TPSA) is 82.7 Å². The van der Waals surface area contributed by atoms with E-state index < -0.39 is 12.0 Å². The van der Waals surface area contributed by atoms with Gasteiger partial charge in [0.1, 0.15) is 11.9 Å². The molecule has 2 fully saturated rings. The fraction of sp³-hybridized carbons (Fsp3) is 0.571. The van der Waals surface area contributed by atoms with E-state index >= 15 is 0 Å². The molecule has 1 aromatic rings. The van der Waals surface area contributed by atoms with Gasteiger partial charge in [0, 0.05) is 19.6 Å². The van der Waals surface area contributed by atoms with Crippen LogP contribution in [0.3, 0.4) is 0 Å². The van der Waals surface area contributed by atoms with Crippen molar-refractivity contribution in [1.29, 1.82) is 0 Å². The Labute approximate surface area is 118 Å². The molecule has 1 aromatic heterocycles. The van der Waals surface area contributed by atoms with Crippen LogP contribution in [0, 0.1) is 0 Å². The second-order valence-electron chi connectivity index (χ2n) is 5.47. The van der Waals surface area contributed by atoms with Crippen molar-refractivity contribution in [3.8, 4) is 0 Å². The normalized spacial score (nSPS) is 22.5. The lowest BCUT2D eigenvalue weighted by molar-refractivity contribution is -0.138. The summed E-state index contributed by atoms with van der Waals surface area (Å²) in [6.45, 7) is 2.69. The number of pyridine rings is 1. The second kappa shape index (κ2) is 5.19. The van der Waals surface area contributed by atoms with Crippen molar-refractivity contribution in [2.45, 2.75) is 31.7 Å². The van der Waals surface area contributed by atoms with Gasteiger partial charge in [-0.05, 0) is 37.8 Å². The van der Waals surface area contributed by atoms with Crippen LogP contribution in [-0.4, -0.2) is 41.7 Å². The number of carboxylic acid groups (broad SMARTS) is 1. The summed E-state index contributed by atoms with van der Waals surface area (Å²) >= 11 is 0. The third-order valence-corrected chi connectivity index (χ3v) is 4.13. The van der Waals surface area contributed by atoms with E-state index in [1.807, 2.05) is 17.0 Å². The van der Waals surface area contributed by atoms with Crippen LogP contribution in [0.25, 0.3) is 0 Å². The summed E-state index contributed by atoms with van der Waals surface area (Å²) in [5.41, 5.74) is 6.69.